The molecule has 0 fully saturated rings. The fraction of sp³-hybridized carbons (Fsp3) is 0.154. The molecule has 6 nitrogen and oxygen atoms in total. The van der Waals surface area contributed by atoms with Crippen molar-refractivity contribution in [2.24, 2.45) is 14.1 Å². The minimum atomic E-state index is -0.783. The van der Waals surface area contributed by atoms with E-state index in [1.165, 1.54) is 20.2 Å². The highest BCUT2D eigenvalue weighted by Gasteiger charge is 2.18. The van der Waals surface area contributed by atoms with Crippen molar-refractivity contribution in [3.63, 3.8) is 0 Å². The highest BCUT2D eigenvalue weighted by molar-refractivity contribution is 6.32. The molecule has 0 bridgehead atoms. The molecule has 0 aliphatic heterocycles. The summed E-state index contributed by atoms with van der Waals surface area (Å²) in [5.74, 6) is -0.789. The van der Waals surface area contributed by atoms with E-state index in [-0.39, 0.29) is 22.2 Å². The van der Waals surface area contributed by atoms with E-state index in [2.05, 4.69) is 0 Å². The lowest BCUT2D eigenvalue weighted by molar-refractivity contribution is 0.420. The summed E-state index contributed by atoms with van der Waals surface area (Å²) < 4.78 is 20.1. The van der Waals surface area contributed by atoms with Gasteiger partial charge in [0.25, 0.3) is 5.56 Å². The quantitative estimate of drug-likeness (QED) is 0.843. The molecule has 0 radical (unpaired) electrons. The van der Waals surface area contributed by atoms with Gasteiger partial charge in [0.15, 0.2) is 5.56 Å². The Hall–Kier alpha value is -2.59. The zero-order valence-corrected chi connectivity index (χ0v) is 11.8. The average molecular weight is 310 g/mol. The van der Waals surface area contributed by atoms with E-state index in [0.717, 1.165) is 21.3 Å². The third-order valence-electron chi connectivity index (χ3n) is 2.82. The monoisotopic (exact) mass is 309 g/mol. The zero-order chi connectivity index (χ0) is 15.7. The van der Waals surface area contributed by atoms with Crippen LogP contribution in [0.25, 0.3) is 0 Å². The highest BCUT2D eigenvalue weighted by Crippen LogP contribution is 2.29. The van der Waals surface area contributed by atoms with E-state index in [1.807, 2.05) is 0 Å². The molecule has 1 aromatic carbocycles. The van der Waals surface area contributed by atoms with Crippen molar-refractivity contribution in [1.82, 2.24) is 9.13 Å². The van der Waals surface area contributed by atoms with E-state index in [9.17, 15) is 14.0 Å². The van der Waals surface area contributed by atoms with Crippen molar-refractivity contribution >= 4 is 11.6 Å². The van der Waals surface area contributed by atoms with Crippen LogP contribution in [-0.4, -0.2) is 9.13 Å². The second-order valence-electron chi connectivity index (χ2n) is 4.17. The minimum Gasteiger partial charge on any atom is -0.437 e. The van der Waals surface area contributed by atoms with E-state index in [0.29, 0.717) is 0 Å². The van der Waals surface area contributed by atoms with Crippen LogP contribution >= 0.6 is 11.6 Å². The molecule has 1 aromatic heterocycles. The molecule has 2 aromatic rings. The molecule has 0 aliphatic rings. The van der Waals surface area contributed by atoms with Crippen molar-refractivity contribution in [1.29, 1.82) is 5.26 Å². The molecular formula is C13H9ClFN3O3. The first kappa shape index (κ1) is 14.8. The van der Waals surface area contributed by atoms with Gasteiger partial charge < -0.3 is 4.74 Å². The zero-order valence-electron chi connectivity index (χ0n) is 11.1. The molecule has 108 valence electrons. The van der Waals surface area contributed by atoms with E-state index in [4.69, 9.17) is 21.6 Å². The molecule has 0 aliphatic carbocycles. The number of hydrogen-bond donors (Lipinski definition) is 0. The van der Waals surface area contributed by atoms with Crippen LogP contribution in [0.1, 0.15) is 5.56 Å². The summed E-state index contributed by atoms with van der Waals surface area (Å²) in [5.41, 5.74) is -1.79. The number of hydrogen-bond acceptors (Lipinski definition) is 4. The lowest BCUT2D eigenvalue weighted by Gasteiger charge is -2.13. The third-order valence-corrected chi connectivity index (χ3v) is 3.12. The summed E-state index contributed by atoms with van der Waals surface area (Å²) in [4.78, 5) is 23.7. The first-order valence-corrected chi connectivity index (χ1v) is 6.07. The van der Waals surface area contributed by atoms with Crippen LogP contribution in [0.2, 0.25) is 5.02 Å². The maximum Gasteiger partial charge on any atom is 0.333 e. The normalized spacial score (nSPS) is 10.2. The second kappa shape index (κ2) is 5.42. The van der Waals surface area contributed by atoms with Gasteiger partial charge in [0, 0.05) is 14.1 Å². The standard InChI is InChI=1S/C13H9ClFN3O3/c1-17-11(19)8(6-16)12(18(2)13(17)20)21-10-4-3-7(15)5-9(10)14/h3-5H,1-2H3. The third kappa shape index (κ3) is 2.53. The molecule has 2 rings (SSSR count). The van der Waals surface area contributed by atoms with Gasteiger partial charge in [-0.05, 0) is 18.2 Å². The van der Waals surface area contributed by atoms with Crippen LogP contribution in [0.15, 0.2) is 27.8 Å². The van der Waals surface area contributed by atoms with Crippen LogP contribution in [0, 0.1) is 17.1 Å². The molecule has 21 heavy (non-hydrogen) atoms. The summed E-state index contributed by atoms with van der Waals surface area (Å²) in [5, 5.41) is 9.03. The Morgan fingerprint density at radius 3 is 2.52 bits per heavy atom. The molecule has 0 amide bonds. The maximum atomic E-state index is 13.0. The van der Waals surface area contributed by atoms with Gasteiger partial charge in [-0.1, -0.05) is 11.6 Å². The van der Waals surface area contributed by atoms with Crippen molar-refractivity contribution in [3.8, 4) is 17.7 Å². The summed E-state index contributed by atoms with van der Waals surface area (Å²) >= 11 is 5.82. The van der Waals surface area contributed by atoms with Gasteiger partial charge in [-0.25, -0.2) is 9.18 Å². The van der Waals surface area contributed by atoms with Crippen molar-refractivity contribution in [2.45, 2.75) is 0 Å². The highest BCUT2D eigenvalue weighted by atomic mass is 35.5. The maximum absolute atomic E-state index is 13.0. The molecule has 0 spiro atoms. The molecule has 0 saturated heterocycles. The van der Waals surface area contributed by atoms with Crippen LogP contribution in [0.5, 0.6) is 11.6 Å². The molecule has 0 unspecified atom stereocenters. The second-order valence-corrected chi connectivity index (χ2v) is 4.58. The SMILES string of the molecule is Cn1c(Oc2ccc(F)cc2Cl)c(C#N)c(=O)n(C)c1=O. The number of nitriles is 1. The number of halogens is 2. The number of aromatic nitrogens is 2. The average Bonchev–Trinajstić information content (AvgIpc) is 2.45. The van der Waals surface area contributed by atoms with Gasteiger partial charge in [-0.2, -0.15) is 5.26 Å². The molecule has 0 N–H and O–H groups in total. The number of nitrogens with zero attached hydrogens (tertiary/aromatic N) is 3. The van der Waals surface area contributed by atoms with Gasteiger partial charge in [-0.3, -0.25) is 13.9 Å². The molecule has 0 saturated carbocycles. The van der Waals surface area contributed by atoms with Crippen molar-refractivity contribution in [3.05, 3.63) is 55.4 Å². The van der Waals surface area contributed by atoms with Crippen LogP contribution < -0.4 is 16.0 Å². The van der Waals surface area contributed by atoms with Gasteiger partial charge in [0.1, 0.15) is 17.6 Å². The lowest BCUT2D eigenvalue weighted by Crippen LogP contribution is -2.38. The molecule has 8 heteroatoms. The molecular weight excluding hydrogens is 301 g/mol. The first-order chi connectivity index (χ1) is 9.86. The smallest absolute Gasteiger partial charge is 0.333 e. The first-order valence-electron chi connectivity index (χ1n) is 5.69. The number of rotatable bonds is 2. The van der Waals surface area contributed by atoms with E-state index < -0.39 is 17.1 Å². The van der Waals surface area contributed by atoms with Crippen molar-refractivity contribution in [2.75, 3.05) is 0 Å². The summed E-state index contributed by atoms with van der Waals surface area (Å²) in [6.07, 6.45) is 0. The predicted octanol–water partition coefficient (Wildman–Crippen LogP) is 1.54. The Balaban J connectivity index is 2.68. The molecule has 1 heterocycles. The topological polar surface area (TPSA) is 77.0 Å². The Kier molecular flexibility index (Phi) is 3.82. The predicted molar refractivity (Wildman–Crippen MR) is 73.1 cm³/mol. The molecule has 0 atom stereocenters. The fourth-order valence-electron chi connectivity index (χ4n) is 1.70. The van der Waals surface area contributed by atoms with E-state index >= 15 is 0 Å². The van der Waals surface area contributed by atoms with Crippen LogP contribution in [0.4, 0.5) is 4.39 Å². The lowest BCUT2D eigenvalue weighted by atomic mass is 10.3. The summed E-state index contributed by atoms with van der Waals surface area (Å²) in [7, 11) is 2.59. The number of ether oxygens (including phenoxy) is 1. The summed E-state index contributed by atoms with van der Waals surface area (Å²) in [6, 6.07) is 5.05. The van der Waals surface area contributed by atoms with E-state index in [1.54, 1.807) is 6.07 Å². The Labute approximate surface area is 123 Å². The fourth-order valence-corrected chi connectivity index (χ4v) is 1.91. The Morgan fingerprint density at radius 1 is 1.29 bits per heavy atom. The van der Waals surface area contributed by atoms with Crippen LogP contribution in [0.3, 0.4) is 0 Å². The van der Waals surface area contributed by atoms with Gasteiger partial charge in [0.05, 0.1) is 5.02 Å². The number of benzene rings is 1. The minimum absolute atomic E-state index is 0.0258. The van der Waals surface area contributed by atoms with Gasteiger partial charge in [0.2, 0.25) is 5.88 Å². The van der Waals surface area contributed by atoms with Crippen LogP contribution in [-0.2, 0) is 14.1 Å². The Bertz CT molecular complexity index is 880. The van der Waals surface area contributed by atoms with Gasteiger partial charge >= 0.3 is 5.69 Å². The van der Waals surface area contributed by atoms with Gasteiger partial charge in [-0.15, -0.1) is 0 Å². The largest absolute Gasteiger partial charge is 0.437 e. The van der Waals surface area contributed by atoms with Crippen molar-refractivity contribution < 1.29 is 9.13 Å². The Morgan fingerprint density at radius 2 is 1.95 bits per heavy atom. The summed E-state index contributed by atoms with van der Waals surface area (Å²) in [6.45, 7) is 0.